The summed E-state index contributed by atoms with van der Waals surface area (Å²) in [6, 6.07) is 8.23. The summed E-state index contributed by atoms with van der Waals surface area (Å²) in [5.41, 5.74) is 2.23. The zero-order chi connectivity index (χ0) is 17.1. The number of nitrogens with zero attached hydrogens (tertiary/aromatic N) is 5. The lowest BCUT2D eigenvalue weighted by Crippen LogP contribution is -2.00. The summed E-state index contributed by atoms with van der Waals surface area (Å²) in [6.45, 7) is 5.87. The van der Waals surface area contributed by atoms with Crippen molar-refractivity contribution in [2.75, 3.05) is 7.11 Å². The van der Waals surface area contributed by atoms with Crippen molar-refractivity contribution in [1.82, 2.24) is 24.9 Å². The van der Waals surface area contributed by atoms with E-state index in [2.05, 4.69) is 39.4 Å². The van der Waals surface area contributed by atoms with Crippen LogP contribution in [0.1, 0.15) is 36.1 Å². The van der Waals surface area contributed by atoms with Gasteiger partial charge in [-0.15, -0.1) is 10.2 Å². The molecule has 8 heteroatoms. The molecule has 0 aliphatic carbocycles. The Balaban J connectivity index is 1.78. The molecule has 7 nitrogen and oxygen atoms in total. The van der Waals surface area contributed by atoms with Gasteiger partial charge in [-0.25, -0.2) is 0 Å². The van der Waals surface area contributed by atoms with Crippen LogP contribution in [0, 0.1) is 13.8 Å². The molecule has 0 amide bonds. The fourth-order valence-electron chi connectivity index (χ4n) is 2.22. The normalized spacial score (nSPS) is 12.5. The van der Waals surface area contributed by atoms with E-state index in [1.165, 1.54) is 17.3 Å². The van der Waals surface area contributed by atoms with Gasteiger partial charge in [-0.3, -0.25) is 4.57 Å². The van der Waals surface area contributed by atoms with Crippen molar-refractivity contribution in [3.05, 3.63) is 47.4 Å². The molecule has 0 spiro atoms. The Kier molecular flexibility index (Phi) is 4.96. The number of hydrogen-bond acceptors (Lipinski definition) is 7. The van der Waals surface area contributed by atoms with Crippen LogP contribution in [0.3, 0.4) is 0 Å². The number of rotatable bonds is 6. The van der Waals surface area contributed by atoms with Gasteiger partial charge in [0.1, 0.15) is 11.9 Å². The van der Waals surface area contributed by atoms with Gasteiger partial charge in [0.05, 0.1) is 5.75 Å². The molecule has 0 N–H and O–H groups in total. The van der Waals surface area contributed by atoms with Crippen LogP contribution in [0.2, 0.25) is 0 Å². The van der Waals surface area contributed by atoms with Gasteiger partial charge in [-0.05, 0) is 38.5 Å². The smallest absolute Gasteiger partial charge is 0.237 e. The number of ether oxygens (including phenoxy) is 1. The molecule has 126 valence electrons. The molecule has 2 heterocycles. The van der Waals surface area contributed by atoms with Crippen LogP contribution >= 0.6 is 11.8 Å². The number of hydrogen-bond donors (Lipinski definition) is 0. The highest BCUT2D eigenvalue weighted by atomic mass is 32.2. The number of methoxy groups -OCH3 is 1. The largest absolute Gasteiger partial charge is 0.374 e. The maximum atomic E-state index is 5.26. The van der Waals surface area contributed by atoms with E-state index in [0.717, 1.165) is 16.7 Å². The molecule has 0 saturated heterocycles. The van der Waals surface area contributed by atoms with Crippen LogP contribution in [0.5, 0.6) is 0 Å². The van der Waals surface area contributed by atoms with Crippen molar-refractivity contribution in [3.8, 4) is 5.69 Å². The summed E-state index contributed by atoms with van der Waals surface area (Å²) in [5.74, 6) is 2.44. The Bertz CT molecular complexity index is 829. The third kappa shape index (κ3) is 3.49. The zero-order valence-corrected chi connectivity index (χ0v) is 14.9. The summed E-state index contributed by atoms with van der Waals surface area (Å²) in [5, 5.41) is 13.2. The highest BCUT2D eigenvalue weighted by Crippen LogP contribution is 2.25. The first kappa shape index (κ1) is 16.7. The maximum Gasteiger partial charge on any atom is 0.237 e. The third-order valence-corrected chi connectivity index (χ3v) is 4.49. The second-order valence-corrected chi connectivity index (χ2v) is 6.36. The van der Waals surface area contributed by atoms with E-state index in [1.54, 1.807) is 7.11 Å². The predicted molar refractivity (Wildman–Crippen MR) is 90.1 cm³/mol. The Morgan fingerprint density at radius 3 is 2.88 bits per heavy atom. The van der Waals surface area contributed by atoms with Crippen LogP contribution in [-0.4, -0.2) is 32.0 Å². The van der Waals surface area contributed by atoms with Gasteiger partial charge in [0.25, 0.3) is 0 Å². The summed E-state index contributed by atoms with van der Waals surface area (Å²) in [7, 11) is 1.61. The summed E-state index contributed by atoms with van der Waals surface area (Å²) in [4.78, 5) is 4.34. The molecule has 1 atom stereocenters. The summed E-state index contributed by atoms with van der Waals surface area (Å²) >= 11 is 1.51. The van der Waals surface area contributed by atoms with Crippen molar-refractivity contribution in [2.24, 2.45) is 0 Å². The van der Waals surface area contributed by atoms with E-state index in [-0.39, 0.29) is 6.10 Å². The number of benzene rings is 1. The van der Waals surface area contributed by atoms with Crippen molar-refractivity contribution in [3.63, 3.8) is 0 Å². The van der Waals surface area contributed by atoms with Gasteiger partial charge in [-0.1, -0.05) is 29.1 Å². The van der Waals surface area contributed by atoms with Crippen molar-refractivity contribution < 1.29 is 9.26 Å². The molecular formula is C16H19N5O2S. The number of thioether (sulfide) groups is 1. The Morgan fingerprint density at radius 1 is 1.29 bits per heavy atom. The lowest BCUT2D eigenvalue weighted by Gasteiger charge is -2.08. The number of aromatic nitrogens is 5. The van der Waals surface area contributed by atoms with Gasteiger partial charge in [-0.2, -0.15) is 4.98 Å². The SMILES string of the molecule is COC(C)c1noc(CSc2nnc(C)n2-c2cccc(C)c2)n1. The average Bonchev–Trinajstić information content (AvgIpc) is 3.19. The highest BCUT2D eigenvalue weighted by molar-refractivity contribution is 7.98. The van der Waals surface area contributed by atoms with Crippen LogP contribution < -0.4 is 0 Å². The molecule has 3 rings (SSSR count). The molecule has 0 aliphatic heterocycles. The molecule has 24 heavy (non-hydrogen) atoms. The molecule has 1 unspecified atom stereocenters. The maximum absolute atomic E-state index is 5.26. The number of aryl methyl sites for hydroxylation is 2. The first-order chi connectivity index (χ1) is 11.6. The molecule has 0 aliphatic rings. The average molecular weight is 345 g/mol. The molecule has 2 aromatic heterocycles. The molecular weight excluding hydrogens is 326 g/mol. The second kappa shape index (κ2) is 7.14. The van der Waals surface area contributed by atoms with Crippen molar-refractivity contribution >= 4 is 11.8 Å². The predicted octanol–water partition coefficient (Wildman–Crippen LogP) is 3.27. The third-order valence-electron chi connectivity index (χ3n) is 3.58. The fourth-order valence-corrected chi connectivity index (χ4v) is 3.06. The summed E-state index contributed by atoms with van der Waals surface area (Å²) < 4.78 is 12.5. The van der Waals surface area contributed by atoms with Crippen LogP contribution in [0.15, 0.2) is 33.9 Å². The molecule has 3 aromatic rings. The van der Waals surface area contributed by atoms with E-state index in [4.69, 9.17) is 9.26 Å². The van der Waals surface area contributed by atoms with Gasteiger partial charge in [0.2, 0.25) is 5.89 Å². The monoisotopic (exact) mass is 345 g/mol. The van der Waals surface area contributed by atoms with Gasteiger partial charge in [0.15, 0.2) is 11.0 Å². The minimum Gasteiger partial charge on any atom is -0.374 e. The van der Waals surface area contributed by atoms with E-state index in [0.29, 0.717) is 17.5 Å². The van der Waals surface area contributed by atoms with E-state index in [1.807, 2.05) is 30.5 Å². The van der Waals surface area contributed by atoms with E-state index in [9.17, 15) is 0 Å². The van der Waals surface area contributed by atoms with E-state index < -0.39 is 0 Å². The van der Waals surface area contributed by atoms with Crippen LogP contribution in [0.4, 0.5) is 0 Å². The summed E-state index contributed by atoms with van der Waals surface area (Å²) in [6.07, 6.45) is -0.189. The molecule has 0 radical (unpaired) electrons. The lowest BCUT2D eigenvalue weighted by atomic mass is 10.2. The molecule has 0 bridgehead atoms. The lowest BCUT2D eigenvalue weighted by molar-refractivity contribution is 0.109. The molecule has 0 fully saturated rings. The minimum absolute atomic E-state index is 0.189. The quantitative estimate of drug-likeness (QED) is 0.634. The topological polar surface area (TPSA) is 78.9 Å². The van der Waals surface area contributed by atoms with Crippen LogP contribution in [-0.2, 0) is 10.5 Å². The molecule has 0 saturated carbocycles. The zero-order valence-electron chi connectivity index (χ0n) is 14.1. The standard InChI is InChI=1S/C16H19N5O2S/c1-10-6-5-7-13(8-10)21-12(3)18-19-16(21)24-9-14-17-15(20-23-14)11(2)22-4/h5-8,11H,9H2,1-4H3. The van der Waals surface area contributed by atoms with Gasteiger partial charge >= 0.3 is 0 Å². The van der Waals surface area contributed by atoms with Gasteiger partial charge < -0.3 is 9.26 Å². The molecule has 1 aromatic carbocycles. The van der Waals surface area contributed by atoms with Crippen molar-refractivity contribution in [1.29, 1.82) is 0 Å². The Labute approximate surface area is 144 Å². The minimum atomic E-state index is -0.189. The van der Waals surface area contributed by atoms with Crippen LogP contribution in [0.25, 0.3) is 5.69 Å². The Morgan fingerprint density at radius 2 is 2.12 bits per heavy atom. The van der Waals surface area contributed by atoms with Crippen molar-refractivity contribution in [2.45, 2.75) is 37.8 Å². The van der Waals surface area contributed by atoms with Gasteiger partial charge in [0, 0.05) is 12.8 Å². The highest BCUT2D eigenvalue weighted by Gasteiger charge is 2.16. The first-order valence-corrected chi connectivity index (χ1v) is 8.54. The second-order valence-electron chi connectivity index (χ2n) is 5.42. The fraction of sp³-hybridized carbons (Fsp3) is 0.375. The first-order valence-electron chi connectivity index (χ1n) is 7.55. The van der Waals surface area contributed by atoms with E-state index >= 15 is 0 Å². The Hall–Kier alpha value is -2.19.